The molecule has 0 amide bonds. The van der Waals surface area contributed by atoms with Gasteiger partial charge >= 0.3 is 0 Å². The zero-order chi connectivity index (χ0) is 8.85. The lowest BCUT2D eigenvalue weighted by Gasteiger charge is -1.93. The zero-order valence-corrected chi connectivity index (χ0v) is 7.63. The smallest absolute Gasteiger partial charge is 0.150 e. The second-order valence-corrected chi connectivity index (χ2v) is 2.97. The van der Waals surface area contributed by atoms with Gasteiger partial charge in [0, 0.05) is 4.91 Å². The third-order valence-corrected chi connectivity index (χ3v) is 1.82. The number of halogens is 1. The Morgan fingerprint density at radius 2 is 2.09 bits per heavy atom. The van der Waals surface area contributed by atoms with E-state index in [0.29, 0.717) is 4.91 Å². The van der Waals surface area contributed by atoms with Crippen LogP contribution in [-0.4, -0.2) is 18.3 Å². The molecule has 62 valence electrons. The van der Waals surface area contributed by atoms with Gasteiger partial charge in [-0.25, -0.2) is 9.38 Å². The van der Waals surface area contributed by atoms with E-state index in [1.54, 1.807) is 13.2 Å². The van der Waals surface area contributed by atoms with Gasteiger partial charge in [-0.2, -0.15) is 0 Å². The lowest BCUT2D eigenvalue weighted by Crippen LogP contribution is -1.85. The quantitative estimate of drug-likeness (QED) is 0.507. The summed E-state index contributed by atoms with van der Waals surface area (Å²) < 4.78 is 12.8. The standard InChI is InChI=1S/C7H11FN2S/c1-5(11-3)7(8)4-10-6(2)9/h4,9H,1-3H3/b7-5-,9-6?,10-4-. The fraction of sp³-hybridized carbons (Fsp3) is 0.429. The van der Waals surface area contributed by atoms with Gasteiger partial charge in [0.05, 0.1) is 6.21 Å². The van der Waals surface area contributed by atoms with E-state index in [9.17, 15) is 4.39 Å². The normalized spacial score (nSPS) is 13.5. The largest absolute Gasteiger partial charge is 0.287 e. The summed E-state index contributed by atoms with van der Waals surface area (Å²) in [4.78, 5) is 4.08. The van der Waals surface area contributed by atoms with Gasteiger partial charge in [0.2, 0.25) is 0 Å². The van der Waals surface area contributed by atoms with E-state index in [0.717, 1.165) is 6.21 Å². The highest BCUT2D eigenvalue weighted by molar-refractivity contribution is 8.02. The first kappa shape index (κ1) is 10.4. The molecule has 0 radical (unpaired) electrons. The first-order valence-corrected chi connectivity index (χ1v) is 4.30. The number of thioether (sulfide) groups is 1. The van der Waals surface area contributed by atoms with Crippen molar-refractivity contribution in [1.82, 2.24) is 0 Å². The van der Waals surface area contributed by atoms with Crippen LogP contribution in [0.5, 0.6) is 0 Å². The number of allylic oxidation sites excluding steroid dienone is 2. The van der Waals surface area contributed by atoms with Crippen LogP contribution >= 0.6 is 11.8 Å². The van der Waals surface area contributed by atoms with Crippen LogP contribution < -0.4 is 0 Å². The number of hydrogen-bond acceptors (Lipinski definition) is 2. The molecule has 0 saturated heterocycles. The lowest BCUT2D eigenvalue weighted by atomic mass is 10.5. The van der Waals surface area contributed by atoms with Gasteiger partial charge in [0.15, 0.2) is 5.83 Å². The van der Waals surface area contributed by atoms with Gasteiger partial charge in [-0.3, -0.25) is 5.41 Å². The van der Waals surface area contributed by atoms with E-state index >= 15 is 0 Å². The van der Waals surface area contributed by atoms with E-state index in [4.69, 9.17) is 5.41 Å². The highest BCUT2D eigenvalue weighted by atomic mass is 32.2. The van der Waals surface area contributed by atoms with Crippen LogP contribution in [0.25, 0.3) is 0 Å². The van der Waals surface area contributed by atoms with Crippen LogP contribution in [0.1, 0.15) is 13.8 Å². The van der Waals surface area contributed by atoms with Crippen LogP contribution in [-0.2, 0) is 0 Å². The summed E-state index contributed by atoms with van der Waals surface area (Å²) in [6.45, 7) is 3.17. The van der Waals surface area contributed by atoms with E-state index < -0.39 is 0 Å². The minimum Gasteiger partial charge on any atom is -0.287 e. The number of hydrogen-bond donors (Lipinski definition) is 1. The van der Waals surface area contributed by atoms with Crippen LogP contribution in [0.4, 0.5) is 4.39 Å². The van der Waals surface area contributed by atoms with Gasteiger partial charge < -0.3 is 0 Å². The van der Waals surface area contributed by atoms with Crippen molar-refractivity contribution in [2.45, 2.75) is 13.8 Å². The van der Waals surface area contributed by atoms with Gasteiger partial charge in [0.25, 0.3) is 0 Å². The number of rotatable bonds is 2. The van der Waals surface area contributed by atoms with Crippen molar-refractivity contribution in [3.8, 4) is 0 Å². The molecule has 0 aromatic heterocycles. The highest BCUT2D eigenvalue weighted by Gasteiger charge is 1.95. The van der Waals surface area contributed by atoms with E-state index in [2.05, 4.69) is 4.99 Å². The molecule has 0 bridgehead atoms. The molecule has 0 fully saturated rings. The molecule has 0 aliphatic heterocycles. The van der Waals surface area contributed by atoms with Crippen molar-refractivity contribution in [1.29, 1.82) is 5.41 Å². The maximum atomic E-state index is 12.8. The summed E-state index contributed by atoms with van der Waals surface area (Å²) in [6, 6.07) is 0. The summed E-state index contributed by atoms with van der Waals surface area (Å²) in [5, 5.41) is 6.89. The number of nitrogens with one attached hydrogen (secondary N) is 1. The van der Waals surface area contributed by atoms with Gasteiger partial charge in [-0.05, 0) is 20.1 Å². The van der Waals surface area contributed by atoms with Crippen LogP contribution in [0, 0.1) is 5.41 Å². The second-order valence-electron chi connectivity index (χ2n) is 1.95. The predicted octanol–water partition coefficient (Wildman–Crippen LogP) is 2.62. The molecule has 0 rings (SSSR count). The number of amidine groups is 1. The molecule has 0 unspecified atom stereocenters. The molecule has 0 aliphatic rings. The fourth-order valence-electron chi connectivity index (χ4n) is 0.342. The maximum absolute atomic E-state index is 12.8. The first-order chi connectivity index (χ1) is 5.07. The summed E-state index contributed by atoms with van der Waals surface area (Å²) in [6.07, 6.45) is 2.86. The Morgan fingerprint density at radius 1 is 1.55 bits per heavy atom. The molecule has 0 saturated carbocycles. The van der Waals surface area contributed by atoms with Crippen molar-refractivity contribution in [2.75, 3.05) is 6.26 Å². The average Bonchev–Trinajstić information content (AvgIpc) is 1.98. The van der Waals surface area contributed by atoms with E-state index in [-0.39, 0.29) is 11.7 Å². The van der Waals surface area contributed by atoms with Gasteiger partial charge in [-0.15, -0.1) is 11.8 Å². The Morgan fingerprint density at radius 3 is 2.45 bits per heavy atom. The van der Waals surface area contributed by atoms with Crippen LogP contribution in [0.15, 0.2) is 15.7 Å². The van der Waals surface area contributed by atoms with Crippen molar-refractivity contribution in [2.24, 2.45) is 4.99 Å². The van der Waals surface area contributed by atoms with Crippen LogP contribution in [0.2, 0.25) is 0 Å². The summed E-state index contributed by atoms with van der Waals surface area (Å²) in [5.41, 5.74) is 0. The predicted molar refractivity (Wildman–Crippen MR) is 49.2 cm³/mol. The summed E-state index contributed by atoms with van der Waals surface area (Å²) in [5.74, 6) is -0.266. The Labute approximate surface area is 70.1 Å². The molecule has 0 heterocycles. The minimum atomic E-state index is -0.371. The lowest BCUT2D eigenvalue weighted by molar-refractivity contribution is 0.682. The van der Waals surface area contributed by atoms with Crippen LogP contribution in [0.3, 0.4) is 0 Å². The summed E-state index contributed by atoms with van der Waals surface area (Å²) >= 11 is 1.33. The van der Waals surface area contributed by atoms with Crippen molar-refractivity contribution < 1.29 is 4.39 Å². The molecule has 0 spiro atoms. The zero-order valence-electron chi connectivity index (χ0n) is 6.81. The molecule has 11 heavy (non-hydrogen) atoms. The molecule has 0 atom stereocenters. The maximum Gasteiger partial charge on any atom is 0.150 e. The second kappa shape index (κ2) is 5.07. The monoisotopic (exact) mass is 174 g/mol. The average molecular weight is 174 g/mol. The third-order valence-electron chi connectivity index (χ3n) is 1.01. The van der Waals surface area contributed by atoms with Crippen molar-refractivity contribution in [3.05, 3.63) is 10.7 Å². The molecule has 0 aromatic rings. The first-order valence-electron chi connectivity index (χ1n) is 3.07. The topological polar surface area (TPSA) is 36.2 Å². The van der Waals surface area contributed by atoms with Gasteiger partial charge in [-0.1, -0.05) is 0 Å². The van der Waals surface area contributed by atoms with E-state index in [1.165, 1.54) is 18.7 Å². The minimum absolute atomic E-state index is 0.106. The highest BCUT2D eigenvalue weighted by Crippen LogP contribution is 2.14. The SMILES string of the molecule is CS/C(C)=C(F)/C=N\C(C)=N. The molecule has 4 heteroatoms. The molecule has 1 N–H and O–H groups in total. The third kappa shape index (κ3) is 4.72. The molecular weight excluding hydrogens is 163 g/mol. The molecule has 0 aromatic carbocycles. The molecular formula is C7H11FN2S. The Kier molecular flexibility index (Phi) is 4.77. The Bertz CT molecular complexity index is 208. The summed E-state index contributed by atoms with van der Waals surface area (Å²) in [7, 11) is 0. The fourth-order valence-corrected chi connectivity index (χ4v) is 0.590. The van der Waals surface area contributed by atoms with Crippen molar-refractivity contribution >= 4 is 23.8 Å². The van der Waals surface area contributed by atoms with Gasteiger partial charge in [0.1, 0.15) is 5.84 Å². The van der Waals surface area contributed by atoms with E-state index in [1.807, 2.05) is 0 Å². The molecule has 0 aliphatic carbocycles. The Balaban J connectivity index is 4.26. The number of aliphatic imine (C=N–C) groups is 1. The van der Waals surface area contributed by atoms with Crippen molar-refractivity contribution in [3.63, 3.8) is 0 Å². The molecule has 2 nitrogen and oxygen atoms in total. The number of nitrogens with zero attached hydrogens (tertiary/aromatic N) is 1. The Hall–Kier alpha value is -0.640.